The van der Waals surface area contributed by atoms with Crippen molar-refractivity contribution < 1.29 is 18.9 Å². The number of urea groups is 1. The van der Waals surface area contributed by atoms with Crippen LogP contribution < -0.4 is 5.32 Å². The van der Waals surface area contributed by atoms with Crippen LogP contribution in [0, 0.1) is 5.92 Å². The maximum Gasteiger partial charge on any atom is 0.326 e. The molecule has 6 nitrogen and oxygen atoms in total. The number of nitrogens with one attached hydrogen (secondary N) is 1. The second-order valence-corrected chi connectivity index (χ2v) is 6.55. The number of hydrogen-bond acceptors (Lipinski definition) is 3. The molecule has 0 aromatic heterocycles. The Morgan fingerprint density at radius 2 is 1.94 bits per heavy atom. The lowest BCUT2D eigenvalue weighted by molar-refractivity contribution is -0.139. The highest BCUT2D eigenvalue weighted by molar-refractivity contribution is 7.85. The van der Waals surface area contributed by atoms with E-state index >= 15 is 0 Å². The highest BCUT2D eigenvalue weighted by atomic mass is 32.2. The summed E-state index contributed by atoms with van der Waals surface area (Å²) in [6, 6.07) is -1.14. The lowest BCUT2D eigenvalue weighted by atomic mass is 10.1. The molecule has 1 heterocycles. The molecule has 0 bridgehead atoms. The summed E-state index contributed by atoms with van der Waals surface area (Å²) in [4.78, 5) is 24.5. The van der Waals surface area contributed by atoms with Crippen LogP contribution in [0.4, 0.5) is 4.79 Å². The molecule has 1 saturated heterocycles. The number of rotatable bonds is 4. The van der Waals surface area contributed by atoms with Gasteiger partial charge in [0, 0.05) is 35.4 Å². The van der Waals surface area contributed by atoms with Gasteiger partial charge in [0.1, 0.15) is 6.04 Å². The molecule has 0 radical (unpaired) electrons. The van der Waals surface area contributed by atoms with Gasteiger partial charge in [-0.3, -0.25) is 4.21 Å². The van der Waals surface area contributed by atoms with Gasteiger partial charge in [0.25, 0.3) is 0 Å². The van der Waals surface area contributed by atoms with Crippen molar-refractivity contribution in [1.29, 1.82) is 0 Å². The van der Waals surface area contributed by atoms with Crippen LogP contribution in [0.3, 0.4) is 0 Å². The van der Waals surface area contributed by atoms with Crippen molar-refractivity contribution >= 4 is 22.8 Å². The van der Waals surface area contributed by atoms with E-state index in [1.165, 1.54) is 0 Å². The van der Waals surface area contributed by atoms with Crippen LogP contribution in [0.2, 0.25) is 0 Å². The number of hydrogen-bond donors (Lipinski definition) is 2. The van der Waals surface area contributed by atoms with Gasteiger partial charge >= 0.3 is 12.0 Å². The zero-order valence-electron chi connectivity index (χ0n) is 10.1. The molecule has 1 saturated carbocycles. The minimum absolute atomic E-state index is 0.347. The Morgan fingerprint density at radius 1 is 1.33 bits per heavy atom. The molecule has 0 unspecified atom stereocenters. The molecular weight excluding hydrogens is 256 g/mol. The van der Waals surface area contributed by atoms with Crippen molar-refractivity contribution in [3.8, 4) is 0 Å². The van der Waals surface area contributed by atoms with Gasteiger partial charge in [0.05, 0.1) is 0 Å². The van der Waals surface area contributed by atoms with Crippen LogP contribution in [0.15, 0.2) is 0 Å². The normalized spacial score (nSPS) is 22.6. The Hall–Kier alpha value is -1.11. The molecule has 18 heavy (non-hydrogen) atoms. The van der Waals surface area contributed by atoms with Gasteiger partial charge in [-0.2, -0.15) is 0 Å². The fourth-order valence-corrected chi connectivity index (χ4v) is 3.04. The molecule has 102 valence electrons. The fourth-order valence-electron chi connectivity index (χ4n) is 1.99. The Balaban J connectivity index is 1.83. The quantitative estimate of drug-likeness (QED) is 0.756. The van der Waals surface area contributed by atoms with Crippen LogP contribution >= 0.6 is 0 Å². The summed E-state index contributed by atoms with van der Waals surface area (Å²) in [5.41, 5.74) is 0. The number of carboxylic acids is 1. The number of carbonyl (C=O) groups is 2. The van der Waals surface area contributed by atoms with Gasteiger partial charge in [-0.25, -0.2) is 9.59 Å². The lowest BCUT2D eigenvalue weighted by Crippen LogP contribution is -2.51. The number of amides is 2. The molecule has 0 aromatic rings. The second kappa shape index (κ2) is 5.69. The van der Waals surface area contributed by atoms with E-state index in [0.29, 0.717) is 36.9 Å². The number of aliphatic carboxylic acids is 1. The Kier molecular flexibility index (Phi) is 4.21. The standard InChI is InChI=1S/C11H18N2O4S/c14-10(15)9(7-8-1-2-8)12-11(16)13-3-5-18(17)6-4-13/h8-9H,1-7H2,(H,12,16)(H,14,15)/t9-/m0/s1. The zero-order chi connectivity index (χ0) is 13.1. The van der Waals surface area contributed by atoms with E-state index in [1.807, 2.05) is 0 Å². The lowest BCUT2D eigenvalue weighted by Gasteiger charge is -2.28. The molecule has 2 rings (SSSR count). The molecule has 1 atom stereocenters. The monoisotopic (exact) mass is 274 g/mol. The first-order valence-corrected chi connectivity index (χ1v) is 7.68. The fraction of sp³-hybridized carbons (Fsp3) is 0.818. The number of carboxylic acid groups (broad SMARTS) is 1. The first-order valence-electron chi connectivity index (χ1n) is 6.19. The molecule has 7 heteroatoms. The van der Waals surface area contributed by atoms with Gasteiger partial charge < -0.3 is 15.3 Å². The van der Waals surface area contributed by atoms with E-state index in [-0.39, 0.29) is 6.03 Å². The van der Waals surface area contributed by atoms with Gasteiger partial charge in [-0.15, -0.1) is 0 Å². The maximum atomic E-state index is 11.9. The SMILES string of the molecule is O=C(O)[C@H](CC1CC1)NC(=O)N1CCS(=O)CC1. The smallest absolute Gasteiger partial charge is 0.326 e. The minimum atomic E-state index is -0.976. The van der Waals surface area contributed by atoms with E-state index in [0.717, 1.165) is 12.8 Å². The molecule has 0 aromatic carbocycles. The molecule has 1 aliphatic heterocycles. The average Bonchev–Trinajstić information content (AvgIpc) is 3.12. The Morgan fingerprint density at radius 3 is 2.44 bits per heavy atom. The average molecular weight is 274 g/mol. The van der Waals surface area contributed by atoms with Crippen LogP contribution in [0.25, 0.3) is 0 Å². The number of nitrogens with zero attached hydrogens (tertiary/aromatic N) is 1. The summed E-state index contributed by atoms with van der Waals surface area (Å²) >= 11 is 0. The first kappa shape index (κ1) is 13.3. The van der Waals surface area contributed by atoms with E-state index in [9.17, 15) is 13.8 Å². The van der Waals surface area contributed by atoms with Crippen molar-refractivity contribution in [3.05, 3.63) is 0 Å². The summed E-state index contributed by atoms with van der Waals surface area (Å²) in [6.45, 7) is 0.877. The molecule has 2 fully saturated rings. The van der Waals surface area contributed by atoms with E-state index in [1.54, 1.807) is 4.90 Å². The molecule has 2 aliphatic rings. The Bertz CT molecular complexity index is 360. The van der Waals surface area contributed by atoms with Gasteiger partial charge in [-0.05, 0) is 12.3 Å². The highest BCUT2D eigenvalue weighted by Crippen LogP contribution is 2.33. The molecular formula is C11H18N2O4S. The van der Waals surface area contributed by atoms with Crippen LogP contribution in [-0.2, 0) is 15.6 Å². The molecule has 0 spiro atoms. The van der Waals surface area contributed by atoms with Crippen molar-refractivity contribution in [2.45, 2.75) is 25.3 Å². The van der Waals surface area contributed by atoms with Crippen molar-refractivity contribution in [2.75, 3.05) is 24.6 Å². The predicted molar refractivity (Wildman–Crippen MR) is 66.7 cm³/mol. The Labute approximate surface area is 108 Å². The van der Waals surface area contributed by atoms with Gasteiger partial charge in [0.2, 0.25) is 0 Å². The summed E-state index contributed by atoms with van der Waals surface area (Å²) < 4.78 is 11.2. The van der Waals surface area contributed by atoms with Crippen LogP contribution in [0.1, 0.15) is 19.3 Å². The third-order valence-electron chi connectivity index (χ3n) is 3.33. The molecule has 2 N–H and O–H groups in total. The van der Waals surface area contributed by atoms with Gasteiger partial charge in [-0.1, -0.05) is 12.8 Å². The molecule has 2 amide bonds. The maximum absolute atomic E-state index is 11.9. The van der Waals surface area contributed by atoms with E-state index in [2.05, 4.69) is 5.32 Å². The number of carbonyl (C=O) groups excluding carboxylic acids is 1. The predicted octanol–water partition coefficient (Wildman–Crippen LogP) is 0.0136. The minimum Gasteiger partial charge on any atom is -0.480 e. The summed E-state index contributed by atoms with van der Waals surface area (Å²) in [7, 11) is -0.836. The van der Waals surface area contributed by atoms with Crippen LogP contribution in [0.5, 0.6) is 0 Å². The van der Waals surface area contributed by atoms with Gasteiger partial charge in [0.15, 0.2) is 0 Å². The summed E-state index contributed by atoms with van der Waals surface area (Å²) in [5.74, 6) is 0.428. The third-order valence-corrected chi connectivity index (χ3v) is 4.60. The first-order chi connectivity index (χ1) is 8.56. The molecule has 1 aliphatic carbocycles. The van der Waals surface area contributed by atoms with Crippen molar-refractivity contribution in [1.82, 2.24) is 10.2 Å². The second-order valence-electron chi connectivity index (χ2n) is 4.85. The van der Waals surface area contributed by atoms with Crippen molar-refractivity contribution in [2.24, 2.45) is 5.92 Å². The zero-order valence-corrected chi connectivity index (χ0v) is 10.9. The largest absolute Gasteiger partial charge is 0.480 e. The summed E-state index contributed by atoms with van der Waals surface area (Å²) in [6.07, 6.45) is 2.63. The highest BCUT2D eigenvalue weighted by Gasteiger charge is 2.31. The van der Waals surface area contributed by atoms with Crippen molar-refractivity contribution in [3.63, 3.8) is 0 Å². The summed E-state index contributed by atoms with van der Waals surface area (Å²) in [5, 5.41) is 11.6. The van der Waals surface area contributed by atoms with E-state index < -0.39 is 22.8 Å². The topological polar surface area (TPSA) is 86.7 Å². The van der Waals surface area contributed by atoms with Crippen LogP contribution in [-0.4, -0.2) is 56.9 Å². The third kappa shape index (κ3) is 3.69. The van der Waals surface area contributed by atoms with E-state index in [4.69, 9.17) is 5.11 Å².